The molecule has 0 fully saturated rings. The molecule has 0 rings (SSSR count). The molecule has 2 N–H and O–H groups in total. The van der Waals surface area contributed by atoms with Crippen molar-refractivity contribution in [1.82, 2.24) is 0 Å². The lowest BCUT2D eigenvalue weighted by Gasteiger charge is -2.01. The summed E-state index contributed by atoms with van der Waals surface area (Å²) in [6, 6.07) is 0. The molecule has 0 radical (unpaired) electrons. The van der Waals surface area contributed by atoms with Gasteiger partial charge in [0.1, 0.15) is 10.5 Å². The Morgan fingerprint density at radius 3 is 2.25 bits per heavy atom. The Labute approximate surface area is 51.9 Å². The smallest absolute Gasteiger partial charge is 0.449 e. The molecule has 0 saturated carbocycles. The van der Waals surface area contributed by atoms with Gasteiger partial charge in [-0.3, -0.25) is 0 Å². The van der Waals surface area contributed by atoms with Crippen LogP contribution in [0.4, 0.5) is 0 Å². The fourth-order valence-electron chi connectivity index (χ4n) is 0.121. The van der Waals surface area contributed by atoms with Crippen LogP contribution in [0.25, 0.3) is 0 Å². The first kappa shape index (κ1) is 8.50. The maximum atomic E-state index is 9.83. The molecule has 0 aromatic carbocycles. The molecule has 0 bridgehead atoms. The Balaban J connectivity index is 3.26. The van der Waals surface area contributed by atoms with E-state index in [1.807, 2.05) is 0 Å². The number of hydrogen-bond donors (Lipinski definition) is 2. The highest BCUT2D eigenvalue weighted by Crippen LogP contribution is 2.34. The van der Waals surface area contributed by atoms with E-state index in [9.17, 15) is 4.57 Å². The standard InChI is InChI=1S/H7O5PSi2/c1-6(2,3)4-8-5-7/h8H2,7H3,(H2,1,2,3). The monoisotopic (exact) mass is 174 g/mol. The van der Waals surface area contributed by atoms with E-state index < -0.39 is 17.8 Å². The first-order valence-electron chi connectivity index (χ1n) is 1.75. The van der Waals surface area contributed by atoms with E-state index in [0.29, 0.717) is 10.5 Å². The quantitative estimate of drug-likeness (QED) is 0.362. The van der Waals surface area contributed by atoms with Crippen molar-refractivity contribution in [3.8, 4) is 0 Å². The summed E-state index contributed by atoms with van der Waals surface area (Å²) >= 11 is 0. The van der Waals surface area contributed by atoms with Gasteiger partial charge in [-0.2, -0.15) is 0 Å². The predicted octanol–water partition coefficient (Wildman–Crippen LogP) is -2.61. The Bertz CT molecular complexity index is 94.6. The topological polar surface area (TPSA) is 76.0 Å². The van der Waals surface area contributed by atoms with Crippen LogP contribution in [-0.4, -0.2) is 30.3 Å². The van der Waals surface area contributed by atoms with E-state index in [-0.39, 0.29) is 0 Å². The Morgan fingerprint density at radius 2 is 2.12 bits per heavy atom. The summed E-state index contributed by atoms with van der Waals surface area (Å²) in [7, 11) is -5.13. The molecule has 8 heteroatoms. The van der Waals surface area contributed by atoms with E-state index >= 15 is 0 Å². The Hall–Kier alpha value is 0.504. The first-order chi connectivity index (χ1) is 3.56. The second-order valence-electron chi connectivity index (χ2n) is 1.03. The van der Waals surface area contributed by atoms with Gasteiger partial charge in [0.25, 0.3) is 0 Å². The van der Waals surface area contributed by atoms with Gasteiger partial charge in [-0.05, 0) is 0 Å². The lowest BCUT2D eigenvalue weighted by atomic mass is 15.7. The van der Waals surface area contributed by atoms with Gasteiger partial charge < -0.3 is 18.1 Å². The largest absolute Gasteiger partial charge is 0.461 e. The minimum atomic E-state index is -4.22. The molecule has 5 nitrogen and oxygen atoms in total. The van der Waals surface area contributed by atoms with Crippen LogP contribution in [-0.2, 0) is 12.9 Å². The highest BCUT2D eigenvalue weighted by Gasteiger charge is 2.11. The van der Waals surface area contributed by atoms with E-state index in [4.69, 9.17) is 9.79 Å². The third kappa shape index (κ3) is 6.50. The van der Waals surface area contributed by atoms with Gasteiger partial charge in [0.2, 0.25) is 0 Å². The molecule has 0 spiro atoms. The molecule has 50 valence electrons. The van der Waals surface area contributed by atoms with Crippen molar-refractivity contribution < 1.29 is 22.7 Å². The van der Waals surface area contributed by atoms with Crippen LogP contribution >= 0.6 is 7.82 Å². The predicted molar refractivity (Wildman–Crippen MR) is 32.7 cm³/mol. The summed E-state index contributed by atoms with van der Waals surface area (Å²) in [5.41, 5.74) is 0. The molecule has 0 aliphatic carbocycles. The highest BCUT2D eigenvalue weighted by atomic mass is 31.2. The summed E-state index contributed by atoms with van der Waals surface area (Å²) in [6.45, 7) is 0. The van der Waals surface area contributed by atoms with Crippen molar-refractivity contribution in [3.05, 3.63) is 0 Å². The van der Waals surface area contributed by atoms with Crippen molar-refractivity contribution in [1.29, 1.82) is 0 Å². The van der Waals surface area contributed by atoms with Crippen molar-refractivity contribution in [3.63, 3.8) is 0 Å². The molecule has 0 unspecified atom stereocenters. The maximum Gasteiger partial charge on any atom is 0.461 e. The van der Waals surface area contributed by atoms with Crippen LogP contribution < -0.4 is 0 Å². The van der Waals surface area contributed by atoms with Crippen LogP contribution in [0.5, 0.6) is 0 Å². The zero-order chi connectivity index (χ0) is 6.62. The van der Waals surface area contributed by atoms with Crippen LogP contribution in [0.1, 0.15) is 0 Å². The lowest BCUT2D eigenvalue weighted by Crippen LogP contribution is -1.98. The summed E-state index contributed by atoms with van der Waals surface area (Å²) in [4.78, 5) is 16.0. The van der Waals surface area contributed by atoms with Crippen molar-refractivity contribution in [2.45, 2.75) is 0 Å². The third-order valence-corrected chi connectivity index (χ3v) is 3.05. The fraction of sp³-hybridized carbons (Fsp3) is 0. The van der Waals surface area contributed by atoms with Crippen molar-refractivity contribution >= 4 is 28.3 Å². The van der Waals surface area contributed by atoms with Gasteiger partial charge in [-0.1, -0.05) is 0 Å². The van der Waals surface area contributed by atoms with E-state index in [1.54, 1.807) is 0 Å². The number of phosphoric acid groups is 1. The minimum Gasteiger partial charge on any atom is -0.449 e. The zero-order valence-corrected chi connectivity index (χ0v) is 8.58. The second kappa shape index (κ2) is 3.51. The molecule has 0 aliphatic heterocycles. The second-order valence-corrected chi connectivity index (χ2v) is 5.59. The van der Waals surface area contributed by atoms with Crippen LogP contribution in [0.15, 0.2) is 0 Å². The lowest BCUT2D eigenvalue weighted by molar-refractivity contribution is 0.276. The summed E-state index contributed by atoms with van der Waals surface area (Å²) in [5.74, 6) is 0. The molecule has 0 amide bonds. The van der Waals surface area contributed by atoms with Gasteiger partial charge >= 0.3 is 17.8 Å². The van der Waals surface area contributed by atoms with Crippen molar-refractivity contribution in [2.24, 2.45) is 0 Å². The third-order valence-electron chi connectivity index (χ3n) is 0.339. The fourth-order valence-corrected chi connectivity index (χ4v) is 2.04. The van der Waals surface area contributed by atoms with Gasteiger partial charge in [0.15, 0.2) is 0 Å². The number of rotatable bonds is 3. The maximum absolute atomic E-state index is 9.83. The Morgan fingerprint density at radius 1 is 1.62 bits per heavy atom. The Kier molecular flexibility index (Phi) is 3.74. The van der Waals surface area contributed by atoms with Crippen molar-refractivity contribution in [2.75, 3.05) is 0 Å². The van der Waals surface area contributed by atoms with E-state index in [1.165, 1.54) is 0 Å². The molecular weight excluding hydrogens is 167 g/mol. The molecular formula is H7O5PSi2. The number of hydrogen-bond acceptors (Lipinski definition) is 3. The van der Waals surface area contributed by atoms with Gasteiger partial charge in [0.05, 0.1) is 0 Å². The molecule has 0 aromatic rings. The average molecular weight is 174 g/mol. The molecule has 0 aromatic heterocycles. The minimum absolute atomic E-state index is 0.476. The van der Waals surface area contributed by atoms with E-state index in [2.05, 4.69) is 8.33 Å². The summed E-state index contributed by atoms with van der Waals surface area (Å²) in [6.07, 6.45) is 0. The zero-order valence-electron chi connectivity index (χ0n) is 4.27. The van der Waals surface area contributed by atoms with Crippen LogP contribution in [0.2, 0.25) is 0 Å². The van der Waals surface area contributed by atoms with Gasteiger partial charge in [-0.25, -0.2) is 4.57 Å². The molecule has 0 saturated heterocycles. The molecule has 0 atom stereocenters. The molecule has 8 heavy (non-hydrogen) atoms. The SMILES string of the molecule is O=P(O)(O)O[SiH2]O[SiH3]. The highest BCUT2D eigenvalue weighted by molar-refractivity contribution is 7.47. The van der Waals surface area contributed by atoms with Gasteiger partial charge in [-0.15, -0.1) is 0 Å². The first-order valence-corrected chi connectivity index (χ1v) is 5.25. The molecule has 0 aliphatic rings. The van der Waals surface area contributed by atoms with E-state index in [0.717, 1.165) is 0 Å². The van der Waals surface area contributed by atoms with Crippen LogP contribution in [0, 0.1) is 0 Å². The average Bonchev–Trinajstić information content (AvgIpc) is 1.59. The normalized spacial score (nSPS) is 13.8. The summed E-state index contributed by atoms with van der Waals surface area (Å²) < 4.78 is 18.3. The summed E-state index contributed by atoms with van der Waals surface area (Å²) in [5, 5.41) is 0. The van der Waals surface area contributed by atoms with Crippen LogP contribution in [0.3, 0.4) is 0 Å². The van der Waals surface area contributed by atoms with Gasteiger partial charge in [0, 0.05) is 0 Å². The molecule has 0 heterocycles.